The summed E-state index contributed by atoms with van der Waals surface area (Å²) in [6, 6.07) is 0. The van der Waals surface area contributed by atoms with Crippen molar-refractivity contribution in [2.75, 3.05) is 0 Å². The number of rotatable bonds is 14. The highest BCUT2D eigenvalue weighted by Crippen LogP contribution is 2.56. The van der Waals surface area contributed by atoms with Gasteiger partial charge in [-0.3, -0.25) is 9.59 Å². The third kappa shape index (κ3) is 5.47. The lowest BCUT2D eigenvalue weighted by Crippen LogP contribution is -2.54. The van der Waals surface area contributed by atoms with Gasteiger partial charge >= 0.3 is 11.9 Å². The molecular weight excluding hydrogens is 328 g/mol. The minimum Gasteiger partial charge on any atom is -0.481 e. The molecule has 0 aromatic carbocycles. The number of aliphatic carboxylic acids is 2. The van der Waals surface area contributed by atoms with Gasteiger partial charge in [-0.2, -0.15) is 0 Å². The monoisotopic (exact) mass is 368 g/mol. The highest BCUT2D eigenvalue weighted by Gasteiger charge is 2.60. The Balaban J connectivity index is 2.61. The molecule has 152 valence electrons. The van der Waals surface area contributed by atoms with Gasteiger partial charge < -0.3 is 10.2 Å². The topological polar surface area (TPSA) is 74.6 Å². The number of hydrogen-bond acceptors (Lipinski definition) is 2. The van der Waals surface area contributed by atoms with Crippen LogP contribution in [0.4, 0.5) is 0 Å². The molecule has 2 N–H and O–H groups in total. The molecule has 0 radical (unpaired) electrons. The van der Waals surface area contributed by atoms with Crippen molar-refractivity contribution in [3.05, 3.63) is 0 Å². The Bertz CT molecular complexity index is 430. The van der Waals surface area contributed by atoms with Crippen molar-refractivity contribution >= 4 is 11.9 Å². The van der Waals surface area contributed by atoms with E-state index in [1.54, 1.807) is 0 Å². The van der Waals surface area contributed by atoms with Crippen LogP contribution in [0.3, 0.4) is 0 Å². The minimum atomic E-state index is -1.08. The highest BCUT2D eigenvalue weighted by molar-refractivity contribution is 5.87. The summed E-state index contributed by atoms with van der Waals surface area (Å²) in [4.78, 5) is 24.5. The quantitative estimate of drug-likeness (QED) is 0.347. The van der Waals surface area contributed by atoms with Crippen LogP contribution in [-0.2, 0) is 9.59 Å². The van der Waals surface area contributed by atoms with E-state index in [1.165, 1.54) is 38.5 Å². The lowest BCUT2D eigenvalue weighted by Gasteiger charge is -2.48. The predicted molar refractivity (Wildman–Crippen MR) is 105 cm³/mol. The molecule has 0 heterocycles. The predicted octanol–water partition coefficient (Wildman–Crippen LogP) is 6.42. The van der Waals surface area contributed by atoms with Crippen molar-refractivity contribution in [3.63, 3.8) is 0 Å². The largest absolute Gasteiger partial charge is 0.481 e. The Hall–Kier alpha value is -1.06. The van der Waals surface area contributed by atoms with Crippen molar-refractivity contribution in [1.82, 2.24) is 0 Å². The number of carboxylic acids is 2. The first kappa shape index (κ1) is 23.0. The third-order valence-corrected chi connectivity index (χ3v) is 6.58. The average molecular weight is 369 g/mol. The number of carbonyl (C=O) groups is 2. The van der Waals surface area contributed by atoms with Gasteiger partial charge in [0.05, 0.1) is 10.8 Å². The maximum Gasteiger partial charge on any atom is 0.310 e. The SMILES string of the molecule is CCCCCCCCCCCC1(C(=O)O)CCCCC1(CCC)C(=O)O. The molecule has 0 spiro atoms. The second-order valence-electron chi connectivity index (χ2n) is 8.31. The first-order valence-electron chi connectivity index (χ1n) is 10.9. The molecule has 1 aliphatic carbocycles. The number of carboxylic acid groups (broad SMARTS) is 2. The van der Waals surface area contributed by atoms with Crippen molar-refractivity contribution < 1.29 is 19.8 Å². The van der Waals surface area contributed by atoms with E-state index in [0.717, 1.165) is 38.5 Å². The van der Waals surface area contributed by atoms with Crippen molar-refractivity contribution in [1.29, 1.82) is 0 Å². The summed E-state index contributed by atoms with van der Waals surface area (Å²) in [7, 11) is 0. The van der Waals surface area contributed by atoms with Gasteiger partial charge in [-0.05, 0) is 25.7 Å². The van der Waals surface area contributed by atoms with Gasteiger partial charge in [-0.25, -0.2) is 0 Å². The van der Waals surface area contributed by atoms with Gasteiger partial charge in [-0.15, -0.1) is 0 Å². The van der Waals surface area contributed by atoms with Crippen LogP contribution in [0.5, 0.6) is 0 Å². The van der Waals surface area contributed by atoms with Crippen LogP contribution in [0.25, 0.3) is 0 Å². The Morgan fingerprint density at radius 1 is 0.654 bits per heavy atom. The second kappa shape index (κ2) is 11.6. The van der Waals surface area contributed by atoms with Gasteiger partial charge in [0.1, 0.15) is 0 Å². The van der Waals surface area contributed by atoms with Crippen LogP contribution in [0.1, 0.15) is 117 Å². The standard InChI is InChI=1S/C22H40O4/c1-3-5-6-7-8-9-10-11-12-16-22(20(25)26)18-14-13-17-21(22,15-4-2)19(23)24/h3-18H2,1-2H3,(H,23,24)(H,25,26). The van der Waals surface area contributed by atoms with Crippen molar-refractivity contribution in [3.8, 4) is 0 Å². The zero-order chi connectivity index (χ0) is 19.5. The zero-order valence-electron chi connectivity index (χ0n) is 17.0. The summed E-state index contributed by atoms with van der Waals surface area (Å²) >= 11 is 0. The zero-order valence-corrected chi connectivity index (χ0v) is 17.0. The van der Waals surface area contributed by atoms with E-state index in [4.69, 9.17) is 0 Å². The molecule has 0 saturated heterocycles. The summed E-state index contributed by atoms with van der Waals surface area (Å²) < 4.78 is 0. The van der Waals surface area contributed by atoms with Crippen molar-refractivity contribution in [2.45, 2.75) is 117 Å². The lowest BCUT2D eigenvalue weighted by molar-refractivity contribution is -0.182. The van der Waals surface area contributed by atoms with Gasteiger partial charge in [0.2, 0.25) is 0 Å². The number of hydrogen-bond donors (Lipinski definition) is 2. The number of unbranched alkanes of at least 4 members (excludes halogenated alkanes) is 8. The van der Waals surface area contributed by atoms with Crippen LogP contribution in [-0.4, -0.2) is 22.2 Å². The van der Waals surface area contributed by atoms with Gasteiger partial charge in [0.15, 0.2) is 0 Å². The molecule has 1 fully saturated rings. The van der Waals surface area contributed by atoms with Gasteiger partial charge in [-0.1, -0.05) is 90.9 Å². The van der Waals surface area contributed by atoms with E-state index in [9.17, 15) is 19.8 Å². The molecule has 0 amide bonds. The molecule has 2 atom stereocenters. The summed E-state index contributed by atoms with van der Waals surface area (Å²) in [6.07, 6.45) is 15.1. The summed E-state index contributed by atoms with van der Waals surface area (Å²) in [6.45, 7) is 4.18. The molecule has 0 aromatic rings. The average Bonchev–Trinajstić information content (AvgIpc) is 2.61. The molecule has 1 rings (SSSR count). The maximum atomic E-state index is 12.3. The van der Waals surface area contributed by atoms with E-state index in [1.807, 2.05) is 6.92 Å². The molecule has 26 heavy (non-hydrogen) atoms. The molecule has 2 unspecified atom stereocenters. The first-order valence-corrected chi connectivity index (χ1v) is 10.9. The maximum absolute atomic E-state index is 12.3. The third-order valence-electron chi connectivity index (χ3n) is 6.58. The molecule has 0 bridgehead atoms. The summed E-state index contributed by atoms with van der Waals surface area (Å²) in [5, 5.41) is 20.0. The minimum absolute atomic E-state index is 0.478. The normalized spacial score (nSPS) is 25.9. The fourth-order valence-corrected chi connectivity index (χ4v) is 5.06. The Kier molecular flexibility index (Phi) is 10.3. The Morgan fingerprint density at radius 3 is 1.50 bits per heavy atom. The van der Waals surface area contributed by atoms with Gasteiger partial charge in [0.25, 0.3) is 0 Å². The Morgan fingerprint density at radius 2 is 1.08 bits per heavy atom. The fraction of sp³-hybridized carbons (Fsp3) is 0.909. The molecule has 0 aromatic heterocycles. The molecular formula is C22H40O4. The van der Waals surface area contributed by atoms with Crippen LogP contribution >= 0.6 is 0 Å². The molecule has 1 aliphatic rings. The fourth-order valence-electron chi connectivity index (χ4n) is 5.06. The smallest absolute Gasteiger partial charge is 0.310 e. The summed E-state index contributed by atoms with van der Waals surface area (Å²) in [5.41, 5.74) is -2.15. The van der Waals surface area contributed by atoms with Crippen LogP contribution in [0.2, 0.25) is 0 Å². The van der Waals surface area contributed by atoms with E-state index in [2.05, 4.69) is 6.92 Å². The lowest BCUT2D eigenvalue weighted by atomic mass is 9.52. The van der Waals surface area contributed by atoms with E-state index in [-0.39, 0.29) is 0 Å². The molecule has 4 nitrogen and oxygen atoms in total. The summed E-state index contributed by atoms with van der Waals surface area (Å²) in [5.74, 6) is -1.77. The molecule has 0 aliphatic heterocycles. The van der Waals surface area contributed by atoms with Gasteiger partial charge in [0, 0.05) is 0 Å². The second-order valence-corrected chi connectivity index (χ2v) is 8.31. The van der Waals surface area contributed by atoms with Crippen LogP contribution < -0.4 is 0 Å². The molecule has 1 saturated carbocycles. The van der Waals surface area contributed by atoms with Crippen molar-refractivity contribution in [2.24, 2.45) is 10.8 Å². The highest BCUT2D eigenvalue weighted by atomic mass is 16.4. The van der Waals surface area contributed by atoms with Crippen LogP contribution in [0, 0.1) is 10.8 Å². The van der Waals surface area contributed by atoms with E-state index in [0.29, 0.717) is 25.7 Å². The van der Waals surface area contributed by atoms with E-state index >= 15 is 0 Å². The van der Waals surface area contributed by atoms with Crippen LogP contribution in [0.15, 0.2) is 0 Å². The van der Waals surface area contributed by atoms with E-state index < -0.39 is 22.8 Å². The Labute approximate surface area is 159 Å². The first-order chi connectivity index (χ1) is 12.5. The molecule has 4 heteroatoms.